The summed E-state index contributed by atoms with van der Waals surface area (Å²) in [6, 6.07) is 11.5. The number of benzene rings is 1. The van der Waals surface area contributed by atoms with Crippen LogP contribution in [-0.2, 0) is 9.59 Å². The number of amides is 1. The van der Waals surface area contributed by atoms with Crippen LogP contribution < -0.4 is 5.73 Å². The van der Waals surface area contributed by atoms with E-state index in [4.69, 9.17) is 5.73 Å². The number of nitrogens with zero attached hydrogens (tertiary/aromatic N) is 1. The van der Waals surface area contributed by atoms with Crippen LogP contribution in [0.3, 0.4) is 0 Å². The first kappa shape index (κ1) is 16.7. The molecule has 2 aliphatic heterocycles. The summed E-state index contributed by atoms with van der Waals surface area (Å²) in [7, 11) is 0. The Bertz CT molecular complexity index is 862. The van der Waals surface area contributed by atoms with E-state index in [1.807, 2.05) is 35.7 Å². The Hall–Kier alpha value is -1.74. The van der Waals surface area contributed by atoms with Gasteiger partial charge < -0.3 is 10.8 Å². The summed E-state index contributed by atoms with van der Waals surface area (Å²) >= 11 is 4.59. The van der Waals surface area contributed by atoms with Crippen LogP contribution in [0.4, 0.5) is 0 Å². The molecule has 128 valence electrons. The van der Waals surface area contributed by atoms with Crippen LogP contribution in [0.5, 0.6) is 0 Å². The SMILES string of the molecule is N[C@@H]1C(=O)N2C(C(=O)O)=C(Sc3ccc(-c4cccs4)cc3)CS[C@H]12. The Morgan fingerprint density at radius 1 is 1.28 bits per heavy atom. The van der Waals surface area contributed by atoms with Crippen molar-refractivity contribution >= 4 is 46.7 Å². The lowest BCUT2D eigenvalue weighted by Crippen LogP contribution is -2.68. The molecule has 3 heterocycles. The van der Waals surface area contributed by atoms with Gasteiger partial charge in [0.2, 0.25) is 5.91 Å². The van der Waals surface area contributed by atoms with Crippen molar-refractivity contribution in [3.05, 3.63) is 52.4 Å². The molecule has 1 aromatic carbocycles. The molecule has 5 nitrogen and oxygen atoms in total. The van der Waals surface area contributed by atoms with Gasteiger partial charge in [-0.25, -0.2) is 4.79 Å². The maximum Gasteiger partial charge on any atom is 0.353 e. The summed E-state index contributed by atoms with van der Waals surface area (Å²) in [6.45, 7) is 0. The van der Waals surface area contributed by atoms with E-state index in [2.05, 4.69) is 6.07 Å². The molecule has 0 radical (unpaired) electrons. The van der Waals surface area contributed by atoms with Crippen LogP contribution in [0.1, 0.15) is 0 Å². The van der Waals surface area contributed by atoms with Crippen molar-refractivity contribution in [1.82, 2.24) is 4.90 Å². The number of β-lactam (4-membered cyclic amide) rings is 1. The maximum absolute atomic E-state index is 12.0. The van der Waals surface area contributed by atoms with Crippen molar-refractivity contribution in [2.45, 2.75) is 16.3 Å². The largest absolute Gasteiger partial charge is 0.477 e. The molecule has 2 aliphatic rings. The highest BCUT2D eigenvalue weighted by atomic mass is 32.2. The molecule has 2 atom stereocenters. The number of rotatable bonds is 4. The molecule has 0 aliphatic carbocycles. The number of hydrogen-bond donors (Lipinski definition) is 2. The van der Waals surface area contributed by atoms with Crippen LogP contribution >= 0.6 is 34.9 Å². The molecule has 1 aromatic heterocycles. The van der Waals surface area contributed by atoms with Crippen LogP contribution in [0.25, 0.3) is 10.4 Å². The molecule has 0 unspecified atom stereocenters. The average Bonchev–Trinajstić information content (AvgIpc) is 3.15. The first-order valence-electron chi connectivity index (χ1n) is 7.55. The zero-order valence-electron chi connectivity index (χ0n) is 12.9. The molecule has 0 saturated carbocycles. The molecule has 25 heavy (non-hydrogen) atoms. The second-order valence-corrected chi connectivity index (χ2v) is 8.84. The molecule has 1 amide bonds. The highest BCUT2D eigenvalue weighted by molar-refractivity contribution is 8.06. The Morgan fingerprint density at radius 2 is 2.04 bits per heavy atom. The molecule has 1 saturated heterocycles. The lowest BCUT2D eigenvalue weighted by Gasteiger charge is -2.47. The zero-order valence-corrected chi connectivity index (χ0v) is 15.4. The molecular formula is C17H14N2O3S3. The van der Waals surface area contributed by atoms with E-state index in [0.29, 0.717) is 10.7 Å². The molecular weight excluding hydrogens is 376 g/mol. The van der Waals surface area contributed by atoms with Crippen molar-refractivity contribution in [1.29, 1.82) is 0 Å². The number of carboxylic acid groups (broad SMARTS) is 1. The normalized spacial score (nSPS) is 22.6. The number of fused-ring (bicyclic) bond motifs is 1. The Labute approximate surface area is 156 Å². The van der Waals surface area contributed by atoms with Crippen molar-refractivity contribution in [3.8, 4) is 10.4 Å². The smallest absolute Gasteiger partial charge is 0.353 e. The number of carboxylic acids is 1. The van der Waals surface area contributed by atoms with Crippen molar-refractivity contribution in [2.24, 2.45) is 5.73 Å². The van der Waals surface area contributed by atoms with E-state index in [1.165, 1.54) is 33.3 Å². The van der Waals surface area contributed by atoms with Gasteiger partial charge in [0.05, 0.1) is 0 Å². The maximum atomic E-state index is 12.0. The highest BCUT2D eigenvalue weighted by Crippen LogP contribution is 2.44. The van der Waals surface area contributed by atoms with Gasteiger partial charge in [0.25, 0.3) is 0 Å². The lowest BCUT2D eigenvalue weighted by atomic mass is 10.1. The third-order valence-electron chi connectivity index (χ3n) is 4.08. The van der Waals surface area contributed by atoms with E-state index in [0.717, 1.165) is 10.5 Å². The molecule has 0 spiro atoms. The quantitative estimate of drug-likeness (QED) is 0.781. The fourth-order valence-corrected chi connectivity index (χ4v) is 5.99. The Kier molecular flexibility index (Phi) is 4.36. The van der Waals surface area contributed by atoms with E-state index in [-0.39, 0.29) is 17.0 Å². The van der Waals surface area contributed by atoms with Crippen LogP contribution in [-0.4, -0.2) is 39.1 Å². The minimum Gasteiger partial charge on any atom is -0.477 e. The standard InChI is InChI=1S/C17H14N2O3S3/c18-13-15(20)19-14(17(21)22)12(8-24-16(13)19)25-10-5-3-9(4-6-10)11-2-1-7-23-11/h1-7,13,16H,8,18H2,(H,21,22)/t13-,16-/m1/s1. The summed E-state index contributed by atoms with van der Waals surface area (Å²) in [5, 5.41) is 11.3. The van der Waals surface area contributed by atoms with Gasteiger partial charge in [-0.1, -0.05) is 30.0 Å². The van der Waals surface area contributed by atoms with Gasteiger partial charge in [-0.2, -0.15) is 0 Å². The van der Waals surface area contributed by atoms with Crippen LogP contribution in [0.2, 0.25) is 0 Å². The minimum atomic E-state index is -1.08. The fraction of sp³-hybridized carbons (Fsp3) is 0.176. The summed E-state index contributed by atoms with van der Waals surface area (Å²) in [6.07, 6.45) is 0. The summed E-state index contributed by atoms with van der Waals surface area (Å²) in [4.78, 5) is 27.8. The number of hydrogen-bond acceptors (Lipinski definition) is 6. The number of aliphatic carboxylic acids is 1. The predicted molar refractivity (Wildman–Crippen MR) is 101 cm³/mol. The van der Waals surface area contributed by atoms with Crippen LogP contribution in [0, 0.1) is 0 Å². The van der Waals surface area contributed by atoms with Gasteiger partial charge >= 0.3 is 5.97 Å². The summed E-state index contributed by atoms with van der Waals surface area (Å²) in [5.41, 5.74) is 6.97. The van der Waals surface area contributed by atoms with Gasteiger partial charge in [0, 0.05) is 20.4 Å². The number of nitrogens with two attached hydrogens (primary N) is 1. The number of thiophene rings is 1. The van der Waals surface area contributed by atoms with Gasteiger partial charge in [0.15, 0.2) is 0 Å². The zero-order chi connectivity index (χ0) is 17.6. The van der Waals surface area contributed by atoms with Gasteiger partial charge in [0.1, 0.15) is 17.1 Å². The molecule has 3 N–H and O–H groups in total. The van der Waals surface area contributed by atoms with Crippen LogP contribution in [0.15, 0.2) is 57.3 Å². The number of thioether (sulfide) groups is 2. The molecule has 8 heteroatoms. The monoisotopic (exact) mass is 390 g/mol. The third kappa shape index (κ3) is 2.89. The first-order chi connectivity index (χ1) is 12.1. The Balaban J connectivity index is 1.60. The third-order valence-corrected chi connectivity index (χ3v) is 7.57. The topological polar surface area (TPSA) is 83.6 Å². The van der Waals surface area contributed by atoms with Gasteiger partial charge in [-0.3, -0.25) is 9.69 Å². The first-order valence-corrected chi connectivity index (χ1v) is 10.3. The van der Waals surface area contributed by atoms with Gasteiger partial charge in [-0.15, -0.1) is 23.1 Å². The van der Waals surface area contributed by atoms with Crippen molar-refractivity contribution < 1.29 is 14.7 Å². The average molecular weight is 391 g/mol. The predicted octanol–water partition coefficient (Wildman–Crippen LogP) is 3.05. The van der Waals surface area contributed by atoms with E-state index in [1.54, 1.807) is 11.3 Å². The second-order valence-electron chi connectivity index (χ2n) is 5.62. The molecule has 4 rings (SSSR count). The van der Waals surface area contributed by atoms with Crippen molar-refractivity contribution in [2.75, 3.05) is 5.75 Å². The van der Waals surface area contributed by atoms with E-state index < -0.39 is 12.0 Å². The van der Waals surface area contributed by atoms with E-state index >= 15 is 0 Å². The summed E-state index contributed by atoms with van der Waals surface area (Å²) in [5.74, 6) is -0.856. The number of carbonyl (C=O) groups excluding carboxylic acids is 1. The highest BCUT2D eigenvalue weighted by Gasteiger charge is 2.51. The van der Waals surface area contributed by atoms with Gasteiger partial charge in [-0.05, 0) is 29.1 Å². The lowest BCUT2D eigenvalue weighted by molar-refractivity contribution is -0.147. The van der Waals surface area contributed by atoms with Crippen molar-refractivity contribution in [3.63, 3.8) is 0 Å². The molecule has 1 fully saturated rings. The molecule has 0 bridgehead atoms. The number of carbonyl (C=O) groups is 2. The molecule has 2 aromatic rings. The van der Waals surface area contributed by atoms with E-state index in [9.17, 15) is 14.7 Å². The minimum absolute atomic E-state index is 0.0720. The Morgan fingerprint density at radius 3 is 2.68 bits per heavy atom. The fourth-order valence-electron chi connectivity index (χ4n) is 2.84. The summed E-state index contributed by atoms with van der Waals surface area (Å²) < 4.78 is 0. The second kappa shape index (κ2) is 6.53.